The van der Waals surface area contributed by atoms with Gasteiger partial charge in [-0.1, -0.05) is 23.7 Å². The van der Waals surface area contributed by atoms with Gasteiger partial charge in [-0.15, -0.1) is 0 Å². The summed E-state index contributed by atoms with van der Waals surface area (Å²) in [5, 5.41) is 3.45. The summed E-state index contributed by atoms with van der Waals surface area (Å²) in [5.41, 5.74) is 1.54. The molecule has 2 amide bonds. The summed E-state index contributed by atoms with van der Waals surface area (Å²) in [7, 11) is 0. The Morgan fingerprint density at radius 3 is 2.40 bits per heavy atom. The second-order valence-corrected chi connectivity index (χ2v) is 7.98. The quantitative estimate of drug-likeness (QED) is 0.374. The highest BCUT2D eigenvalue weighted by atomic mass is 35.5. The Morgan fingerprint density at radius 2 is 1.69 bits per heavy atom. The number of nitrogens with zero attached hydrogens (tertiary/aromatic N) is 4. The van der Waals surface area contributed by atoms with Crippen molar-refractivity contribution >= 4 is 34.9 Å². The molecule has 2 aromatic heterocycles. The van der Waals surface area contributed by atoms with Crippen LogP contribution in [0.3, 0.4) is 0 Å². The first-order chi connectivity index (χ1) is 17.0. The first kappa shape index (κ1) is 22.4. The van der Waals surface area contributed by atoms with E-state index in [-0.39, 0.29) is 47.9 Å². The molecule has 35 heavy (non-hydrogen) atoms. The van der Waals surface area contributed by atoms with E-state index in [1.165, 1.54) is 24.4 Å². The largest absolute Gasteiger partial charge is 0.486 e. The number of ether oxygens (including phenoxy) is 1. The monoisotopic (exact) mass is 489 g/mol. The number of amides is 2. The minimum atomic E-state index is -0.524. The maximum absolute atomic E-state index is 14.4. The molecule has 8 nitrogen and oxygen atoms in total. The summed E-state index contributed by atoms with van der Waals surface area (Å²) in [6.07, 6.45) is 4.60. The molecule has 10 heteroatoms. The third-order valence-corrected chi connectivity index (χ3v) is 5.55. The van der Waals surface area contributed by atoms with Gasteiger partial charge in [-0.05, 0) is 42.5 Å². The first-order valence-corrected chi connectivity index (χ1v) is 11.0. The maximum Gasteiger partial charge on any atom is 0.261 e. The van der Waals surface area contributed by atoms with Gasteiger partial charge in [-0.3, -0.25) is 19.5 Å². The summed E-state index contributed by atoms with van der Waals surface area (Å²) in [6.45, 7) is 0.0381. The molecular formula is C25H17ClFN5O3. The number of halogens is 2. The molecule has 0 aliphatic carbocycles. The van der Waals surface area contributed by atoms with Crippen LogP contribution in [0.15, 0.2) is 73.2 Å². The van der Waals surface area contributed by atoms with Crippen LogP contribution in [-0.4, -0.2) is 44.8 Å². The highest BCUT2D eigenvalue weighted by molar-refractivity contribution is 6.30. The van der Waals surface area contributed by atoms with Crippen molar-refractivity contribution in [2.75, 3.05) is 18.5 Å². The number of fused-ring (bicyclic) bond motifs is 1. The van der Waals surface area contributed by atoms with Crippen LogP contribution in [0, 0.1) is 5.82 Å². The predicted molar refractivity (Wildman–Crippen MR) is 127 cm³/mol. The van der Waals surface area contributed by atoms with Crippen molar-refractivity contribution in [1.29, 1.82) is 0 Å². The van der Waals surface area contributed by atoms with Crippen molar-refractivity contribution in [3.63, 3.8) is 0 Å². The molecule has 0 saturated heterocycles. The molecular weight excluding hydrogens is 473 g/mol. The lowest BCUT2D eigenvalue weighted by Gasteiger charge is -2.16. The van der Waals surface area contributed by atoms with Gasteiger partial charge in [0.15, 0.2) is 17.4 Å². The zero-order valence-electron chi connectivity index (χ0n) is 18.1. The van der Waals surface area contributed by atoms with Crippen LogP contribution in [0.1, 0.15) is 20.7 Å². The molecule has 0 spiro atoms. The zero-order chi connectivity index (χ0) is 24.4. The van der Waals surface area contributed by atoms with Gasteiger partial charge in [0, 0.05) is 23.1 Å². The van der Waals surface area contributed by atoms with E-state index >= 15 is 0 Å². The summed E-state index contributed by atoms with van der Waals surface area (Å²) in [5.74, 6) is -0.634. The highest BCUT2D eigenvalue weighted by Gasteiger charge is 2.34. The Balaban J connectivity index is 1.38. The number of anilines is 2. The molecule has 1 N–H and O–H groups in total. The van der Waals surface area contributed by atoms with Crippen LogP contribution >= 0.6 is 11.6 Å². The Bertz CT molecular complexity index is 1400. The molecule has 2 aromatic carbocycles. The molecule has 0 radical (unpaired) electrons. The lowest BCUT2D eigenvalue weighted by atomic mass is 10.1. The van der Waals surface area contributed by atoms with Crippen molar-refractivity contribution < 1.29 is 18.7 Å². The summed E-state index contributed by atoms with van der Waals surface area (Å²) in [4.78, 5) is 38.9. The van der Waals surface area contributed by atoms with Crippen molar-refractivity contribution in [2.45, 2.75) is 0 Å². The predicted octanol–water partition coefficient (Wildman–Crippen LogP) is 4.75. The molecule has 0 bridgehead atoms. The van der Waals surface area contributed by atoms with E-state index in [1.807, 2.05) is 0 Å². The lowest BCUT2D eigenvalue weighted by molar-refractivity contribution is 0.0631. The van der Waals surface area contributed by atoms with Crippen molar-refractivity contribution in [1.82, 2.24) is 19.9 Å². The SMILES string of the molecule is O=C1c2ccccc2C(=O)N1CCOc1cnc(-c2cc(Cl)ccc2F)nc1Nc1ccncc1. The Labute approximate surface area is 204 Å². The number of rotatable bonds is 7. The lowest BCUT2D eigenvalue weighted by Crippen LogP contribution is -2.33. The van der Waals surface area contributed by atoms with E-state index in [0.29, 0.717) is 21.8 Å². The molecule has 0 unspecified atom stereocenters. The van der Waals surface area contributed by atoms with Gasteiger partial charge >= 0.3 is 0 Å². The van der Waals surface area contributed by atoms with Crippen molar-refractivity contribution in [2.24, 2.45) is 0 Å². The number of benzene rings is 2. The molecule has 0 fully saturated rings. The van der Waals surface area contributed by atoms with Gasteiger partial charge in [0.1, 0.15) is 12.4 Å². The fourth-order valence-corrected chi connectivity index (χ4v) is 3.80. The number of aromatic nitrogens is 3. The van der Waals surface area contributed by atoms with E-state index in [1.54, 1.807) is 48.8 Å². The summed E-state index contributed by atoms with van der Waals surface area (Å²) < 4.78 is 20.3. The number of hydrogen-bond acceptors (Lipinski definition) is 7. The van der Waals surface area contributed by atoms with Crippen LogP contribution in [0.2, 0.25) is 5.02 Å². The Hall–Kier alpha value is -4.37. The van der Waals surface area contributed by atoms with E-state index in [9.17, 15) is 14.0 Å². The first-order valence-electron chi connectivity index (χ1n) is 10.6. The standard InChI is InChI=1S/C25H17ClFN5O3/c26-15-5-6-20(27)19(13-15)22-29-14-21(23(31-22)30-16-7-9-28-10-8-16)35-12-11-32-24(33)17-3-1-2-4-18(17)25(32)34/h1-10,13-14H,11-12H2,(H,28,29,30,31). The van der Waals surface area contributed by atoms with E-state index in [4.69, 9.17) is 16.3 Å². The van der Waals surface area contributed by atoms with Gasteiger partial charge < -0.3 is 10.1 Å². The number of pyridine rings is 1. The van der Waals surface area contributed by atoms with Crippen LogP contribution < -0.4 is 10.1 Å². The van der Waals surface area contributed by atoms with Gasteiger partial charge in [-0.2, -0.15) is 0 Å². The minimum Gasteiger partial charge on any atom is -0.486 e. The van der Waals surface area contributed by atoms with Crippen LogP contribution in [0.25, 0.3) is 11.4 Å². The van der Waals surface area contributed by atoms with Crippen LogP contribution in [-0.2, 0) is 0 Å². The fourth-order valence-electron chi connectivity index (χ4n) is 3.63. The molecule has 4 aromatic rings. The number of carbonyl (C=O) groups is 2. The third kappa shape index (κ3) is 4.53. The number of carbonyl (C=O) groups excluding carboxylic acids is 2. The topological polar surface area (TPSA) is 97.3 Å². The van der Waals surface area contributed by atoms with Gasteiger partial charge in [0.05, 0.1) is 29.4 Å². The van der Waals surface area contributed by atoms with Gasteiger partial charge in [0.25, 0.3) is 11.8 Å². The minimum absolute atomic E-state index is 0.00469. The smallest absolute Gasteiger partial charge is 0.261 e. The number of hydrogen-bond donors (Lipinski definition) is 1. The van der Waals surface area contributed by atoms with Crippen LogP contribution in [0.5, 0.6) is 5.75 Å². The van der Waals surface area contributed by atoms with Crippen molar-refractivity contribution in [3.05, 3.63) is 95.2 Å². The molecule has 5 rings (SSSR count). The maximum atomic E-state index is 14.4. The highest BCUT2D eigenvalue weighted by Crippen LogP contribution is 2.30. The average Bonchev–Trinajstić information content (AvgIpc) is 3.12. The fraction of sp³-hybridized carbons (Fsp3) is 0.0800. The molecule has 0 atom stereocenters. The summed E-state index contributed by atoms with van der Waals surface area (Å²) in [6, 6.07) is 14.2. The Morgan fingerprint density at radius 1 is 0.971 bits per heavy atom. The average molecular weight is 490 g/mol. The van der Waals surface area contributed by atoms with E-state index in [0.717, 1.165) is 4.90 Å². The number of imide groups is 1. The van der Waals surface area contributed by atoms with Gasteiger partial charge in [-0.25, -0.2) is 14.4 Å². The normalized spacial score (nSPS) is 12.6. The zero-order valence-corrected chi connectivity index (χ0v) is 18.9. The molecule has 0 saturated carbocycles. The molecule has 1 aliphatic rings. The van der Waals surface area contributed by atoms with E-state index < -0.39 is 5.82 Å². The molecule has 174 valence electrons. The second-order valence-electron chi connectivity index (χ2n) is 7.55. The van der Waals surface area contributed by atoms with Crippen LogP contribution in [0.4, 0.5) is 15.9 Å². The summed E-state index contributed by atoms with van der Waals surface area (Å²) >= 11 is 6.03. The van der Waals surface area contributed by atoms with Gasteiger partial charge in [0.2, 0.25) is 0 Å². The molecule has 1 aliphatic heterocycles. The van der Waals surface area contributed by atoms with Crippen molar-refractivity contribution in [3.8, 4) is 17.1 Å². The molecule has 3 heterocycles. The number of nitrogens with one attached hydrogen (secondary N) is 1. The Kier molecular flexibility index (Phi) is 6.07. The second kappa shape index (κ2) is 9.47. The third-order valence-electron chi connectivity index (χ3n) is 5.32. The van der Waals surface area contributed by atoms with E-state index in [2.05, 4.69) is 20.3 Å².